The normalized spacial score (nSPS) is 21.0. The second kappa shape index (κ2) is 26.8. The second-order valence-electron chi connectivity index (χ2n) is 15.5. The zero-order valence-electron chi connectivity index (χ0n) is 34.0. The predicted molar refractivity (Wildman–Crippen MR) is 210 cm³/mol. The highest BCUT2D eigenvalue weighted by molar-refractivity contribution is 7.61. The van der Waals surface area contributed by atoms with Crippen molar-refractivity contribution in [2.45, 2.75) is 167 Å². The predicted octanol–water partition coefficient (Wildman–Crippen LogP) is 6.09. The maximum Gasteiger partial charge on any atom is 0.481 e. The Kier molecular flexibility index (Phi) is 23.9. The molecule has 57 heavy (non-hydrogen) atoms. The SMILES string of the molecule is CC(C)CCCCCCCCCC(=O)OC[C@H](COP(=O)(O)OP(=O)(O)OC[C@H]1O[C@@H](n2ccc(N)nc2=O)C(O)[C@H]1O)OC(=O)CCCCCCCCC(C)C. The van der Waals surface area contributed by atoms with Gasteiger partial charge in [-0.2, -0.15) is 9.29 Å². The van der Waals surface area contributed by atoms with Gasteiger partial charge in [0.15, 0.2) is 12.3 Å². The minimum absolute atomic E-state index is 0.0506. The van der Waals surface area contributed by atoms with Gasteiger partial charge in [0, 0.05) is 19.0 Å². The molecule has 0 aromatic carbocycles. The molecule has 1 aliphatic heterocycles. The van der Waals surface area contributed by atoms with Crippen molar-refractivity contribution in [1.82, 2.24) is 9.55 Å². The van der Waals surface area contributed by atoms with Crippen LogP contribution in [-0.2, 0) is 46.3 Å². The molecule has 0 spiro atoms. The summed E-state index contributed by atoms with van der Waals surface area (Å²) in [6, 6.07) is 1.24. The third kappa shape index (κ3) is 22.1. The van der Waals surface area contributed by atoms with Gasteiger partial charge in [0.2, 0.25) is 0 Å². The number of hydrogen-bond donors (Lipinski definition) is 5. The van der Waals surface area contributed by atoms with Crippen LogP contribution in [0.15, 0.2) is 17.1 Å². The number of aliphatic hydroxyl groups is 2. The average Bonchev–Trinajstić information content (AvgIpc) is 3.40. The van der Waals surface area contributed by atoms with Crippen molar-refractivity contribution in [1.29, 1.82) is 0 Å². The third-order valence-electron chi connectivity index (χ3n) is 9.30. The number of carbonyl (C=O) groups excluding carboxylic acids is 2. The van der Waals surface area contributed by atoms with E-state index in [0.717, 1.165) is 68.6 Å². The number of carbonyl (C=O) groups is 2. The van der Waals surface area contributed by atoms with Gasteiger partial charge in [-0.05, 0) is 30.7 Å². The first-order valence-corrected chi connectivity index (χ1v) is 23.3. The van der Waals surface area contributed by atoms with Crippen LogP contribution in [0, 0.1) is 11.8 Å². The van der Waals surface area contributed by atoms with Crippen LogP contribution < -0.4 is 11.4 Å². The quantitative estimate of drug-likeness (QED) is 0.0321. The van der Waals surface area contributed by atoms with Gasteiger partial charge in [0.05, 0.1) is 13.2 Å². The summed E-state index contributed by atoms with van der Waals surface area (Å²) >= 11 is 0. The summed E-state index contributed by atoms with van der Waals surface area (Å²) in [6.45, 7) is 6.51. The molecule has 0 aliphatic carbocycles. The number of esters is 2. The number of unbranched alkanes of at least 4 members (excludes halogenated alkanes) is 11. The summed E-state index contributed by atoms with van der Waals surface area (Å²) in [5, 5.41) is 20.8. The van der Waals surface area contributed by atoms with Gasteiger partial charge in [0.1, 0.15) is 30.7 Å². The number of anilines is 1. The molecule has 0 amide bonds. The van der Waals surface area contributed by atoms with E-state index in [2.05, 4.69) is 37.0 Å². The lowest BCUT2D eigenvalue weighted by Gasteiger charge is -2.21. The Labute approximate surface area is 336 Å². The molecule has 20 heteroatoms. The molecule has 1 aromatic rings. The number of aliphatic hydroxyl groups excluding tert-OH is 2. The molecule has 7 atom stereocenters. The lowest BCUT2D eigenvalue weighted by atomic mass is 10.0. The summed E-state index contributed by atoms with van der Waals surface area (Å²) in [5.41, 5.74) is 4.56. The number of phosphoric acid groups is 2. The Bertz CT molecular complexity index is 1480. The van der Waals surface area contributed by atoms with Gasteiger partial charge >= 0.3 is 33.3 Å². The first-order chi connectivity index (χ1) is 26.9. The monoisotopic (exact) mass is 855 g/mol. The maximum atomic E-state index is 12.7. The van der Waals surface area contributed by atoms with Crippen molar-refractivity contribution in [3.8, 4) is 0 Å². The molecule has 0 bridgehead atoms. The lowest BCUT2D eigenvalue weighted by Crippen LogP contribution is -2.36. The molecule has 1 aromatic heterocycles. The van der Waals surface area contributed by atoms with Gasteiger partial charge in [-0.3, -0.25) is 23.2 Å². The molecule has 0 saturated carbocycles. The highest BCUT2D eigenvalue weighted by Gasteiger charge is 2.46. The molecule has 1 saturated heterocycles. The molecule has 330 valence electrons. The molecular formula is C37H67N3O15P2. The first kappa shape index (κ1) is 50.9. The van der Waals surface area contributed by atoms with E-state index in [1.165, 1.54) is 31.7 Å². The molecule has 18 nitrogen and oxygen atoms in total. The van der Waals surface area contributed by atoms with Gasteiger partial charge in [-0.15, -0.1) is 0 Å². The summed E-state index contributed by atoms with van der Waals surface area (Å²) in [5.74, 6) is 0.0620. The minimum Gasteiger partial charge on any atom is -0.462 e. The van der Waals surface area contributed by atoms with Crippen LogP contribution in [0.25, 0.3) is 0 Å². The first-order valence-electron chi connectivity index (χ1n) is 20.3. The fourth-order valence-corrected chi connectivity index (χ4v) is 8.20. The summed E-state index contributed by atoms with van der Waals surface area (Å²) < 4.78 is 56.3. The van der Waals surface area contributed by atoms with Crippen molar-refractivity contribution in [2.75, 3.05) is 25.6 Å². The van der Waals surface area contributed by atoms with E-state index in [1.807, 2.05) is 0 Å². The van der Waals surface area contributed by atoms with E-state index in [0.29, 0.717) is 24.7 Å². The van der Waals surface area contributed by atoms with Gasteiger partial charge in [-0.25, -0.2) is 13.9 Å². The minimum atomic E-state index is -5.41. The maximum absolute atomic E-state index is 12.7. The second-order valence-corrected chi connectivity index (χ2v) is 18.5. The van der Waals surface area contributed by atoms with Crippen LogP contribution in [0.4, 0.5) is 5.82 Å². The van der Waals surface area contributed by atoms with E-state index in [1.54, 1.807) is 0 Å². The van der Waals surface area contributed by atoms with Crippen molar-refractivity contribution in [3.05, 3.63) is 22.7 Å². The zero-order chi connectivity index (χ0) is 42.4. The Balaban J connectivity index is 1.88. The molecule has 6 N–H and O–H groups in total. The van der Waals surface area contributed by atoms with Crippen LogP contribution in [0.3, 0.4) is 0 Å². The smallest absolute Gasteiger partial charge is 0.462 e. The Hall–Kier alpha value is -2.24. The van der Waals surface area contributed by atoms with Crippen LogP contribution in [-0.4, -0.2) is 85.7 Å². The largest absolute Gasteiger partial charge is 0.481 e. The van der Waals surface area contributed by atoms with Crippen molar-refractivity contribution >= 4 is 33.4 Å². The fraction of sp³-hybridized carbons (Fsp3) is 0.838. The van der Waals surface area contributed by atoms with Crippen LogP contribution in [0.2, 0.25) is 0 Å². The number of ether oxygens (including phenoxy) is 3. The number of phosphoric ester groups is 2. The van der Waals surface area contributed by atoms with E-state index in [4.69, 9.17) is 29.0 Å². The molecule has 0 radical (unpaired) electrons. The number of nitrogens with two attached hydrogens (primary N) is 1. The number of aromatic nitrogens is 2. The fourth-order valence-electron chi connectivity index (χ4n) is 6.09. The molecule has 3 unspecified atom stereocenters. The van der Waals surface area contributed by atoms with Crippen LogP contribution in [0.1, 0.15) is 143 Å². The lowest BCUT2D eigenvalue weighted by molar-refractivity contribution is -0.161. The summed E-state index contributed by atoms with van der Waals surface area (Å²) in [7, 11) is -10.8. The topological polar surface area (TPSA) is 265 Å². The standard InChI is InChI=1S/C37H67N3O15P2/c1-27(2)18-14-10-6-5-7-12-16-20-32(41)50-24-29(53-33(42)21-17-13-9-8-11-15-19-28(3)4)25-51-56(46,47)55-57(48,49)52-26-30-34(43)35(44)36(54-30)40-23-22-31(38)39-37(40)45/h22-23,27-30,34-36,43-44H,5-21,24-26H2,1-4H3,(H,46,47)(H,48,49)(H2,38,39,45)/t29-,30-,34+,35?,36-/m1/s1. The van der Waals surface area contributed by atoms with Crippen molar-refractivity contribution in [2.24, 2.45) is 11.8 Å². The Morgan fingerprint density at radius 2 is 1.30 bits per heavy atom. The third-order valence-corrected chi connectivity index (χ3v) is 11.9. The van der Waals surface area contributed by atoms with E-state index in [-0.39, 0.29) is 18.7 Å². The van der Waals surface area contributed by atoms with Crippen molar-refractivity contribution < 1.29 is 66.3 Å². The Morgan fingerprint density at radius 1 is 0.789 bits per heavy atom. The summed E-state index contributed by atoms with van der Waals surface area (Å²) in [6.07, 6.45) is 8.70. The number of hydrogen-bond acceptors (Lipinski definition) is 15. The average molecular weight is 856 g/mol. The highest BCUT2D eigenvalue weighted by Crippen LogP contribution is 2.60. The Morgan fingerprint density at radius 3 is 1.84 bits per heavy atom. The van der Waals surface area contributed by atoms with E-state index >= 15 is 0 Å². The zero-order valence-corrected chi connectivity index (χ0v) is 35.8. The van der Waals surface area contributed by atoms with Gasteiger partial charge in [0.25, 0.3) is 0 Å². The molecule has 2 heterocycles. The number of nitrogen functional groups attached to an aromatic ring is 1. The highest BCUT2D eigenvalue weighted by atomic mass is 31.3. The van der Waals surface area contributed by atoms with E-state index < -0.39 is 83.7 Å². The van der Waals surface area contributed by atoms with E-state index in [9.17, 15) is 43.5 Å². The molecular weight excluding hydrogens is 788 g/mol. The number of nitrogens with zero attached hydrogens (tertiary/aromatic N) is 2. The molecule has 1 fully saturated rings. The molecule has 1 aliphatic rings. The van der Waals surface area contributed by atoms with Crippen LogP contribution in [0.5, 0.6) is 0 Å². The van der Waals surface area contributed by atoms with Gasteiger partial charge in [-0.1, -0.05) is 111 Å². The summed E-state index contributed by atoms with van der Waals surface area (Å²) in [4.78, 5) is 61.3. The van der Waals surface area contributed by atoms with Gasteiger partial charge < -0.3 is 39.9 Å². The number of rotatable bonds is 31. The molecule has 2 rings (SSSR count). The van der Waals surface area contributed by atoms with Crippen LogP contribution >= 0.6 is 15.6 Å². The van der Waals surface area contributed by atoms with Crippen molar-refractivity contribution in [3.63, 3.8) is 0 Å².